The first-order chi connectivity index (χ1) is 17.6. The smallest absolute Gasteiger partial charge is 0.147 e. The Balaban J connectivity index is 0.00000187. The number of aromatic hydroxyl groups is 1. The summed E-state index contributed by atoms with van der Waals surface area (Å²) in [5.41, 5.74) is 8.29. The molecule has 0 bridgehead atoms. The Labute approximate surface area is 268 Å². The van der Waals surface area contributed by atoms with Gasteiger partial charge in [0.1, 0.15) is 0 Å². The molecule has 2 aromatic heterocycles. The second-order valence-electron chi connectivity index (χ2n) is 9.10. The SMILES string of the molecule is CS(=O)(=O)c1cnc2ccc(-c3cc(Cl)c(O)c(Cl)c3)cc2c1[As]c1ccc(N2CCCC(N)C2)nc1.Cl.Cl.Cl. The Hall–Kier alpha value is -1.48. The third kappa shape index (κ3) is 7.47. The van der Waals surface area contributed by atoms with Crippen molar-refractivity contribution in [3.05, 3.63) is 64.9 Å². The van der Waals surface area contributed by atoms with Crippen LogP contribution in [0.4, 0.5) is 5.82 Å². The zero-order chi connectivity index (χ0) is 26.3. The summed E-state index contributed by atoms with van der Waals surface area (Å²) in [6.07, 6.45) is 6.53. The molecule has 40 heavy (non-hydrogen) atoms. The van der Waals surface area contributed by atoms with Crippen LogP contribution < -0.4 is 19.3 Å². The predicted octanol–water partition coefficient (Wildman–Crippen LogP) is 4.56. The topological polar surface area (TPSA) is 109 Å². The van der Waals surface area contributed by atoms with Crippen molar-refractivity contribution in [3.63, 3.8) is 0 Å². The van der Waals surface area contributed by atoms with Crippen molar-refractivity contribution in [1.29, 1.82) is 0 Å². The van der Waals surface area contributed by atoms with Gasteiger partial charge in [-0.3, -0.25) is 0 Å². The number of hydrogen-bond acceptors (Lipinski definition) is 7. The van der Waals surface area contributed by atoms with Crippen LogP contribution in [0.2, 0.25) is 10.0 Å². The molecule has 0 aliphatic carbocycles. The summed E-state index contributed by atoms with van der Waals surface area (Å²) in [7, 11) is -3.53. The molecule has 0 spiro atoms. The largest absolute Gasteiger partial charge is 0.147 e. The number of benzene rings is 2. The van der Waals surface area contributed by atoms with Gasteiger partial charge >= 0.3 is 233 Å². The van der Waals surface area contributed by atoms with Crippen molar-refractivity contribution in [3.8, 4) is 16.9 Å². The molecule has 0 amide bonds. The standard InChI is InChI=1S/C26H24AsCl2N4O3S.3ClH/c1-37(35,36)23-13-31-22-6-4-15(16-10-20(28)26(34)21(29)11-16)9-19(22)25(23)27-17-5-7-24(32-12-17)33-8-2-3-18(30)14-33;;;/h4-7,9-13,18,34H,2-3,8,14,30H2,1H3;3*1H. The van der Waals surface area contributed by atoms with Crippen molar-refractivity contribution < 1.29 is 13.5 Å². The number of phenols is 1. The molecule has 7 nitrogen and oxygen atoms in total. The number of fused-ring (bicyclic) bond motifs is 1. The van der Waals surface area contributed by atoms with E-state index in [1.807, 2.05) is 36.5 Å². The number of pyridine rings is 2. The van der Waals surface area contributed by atoms with Gasteiger partial charge in [0.05, 0.1) is 0 Å². The fourth-order valence-corrected chi connectivity index (χ4v) is 8.99. The number of halogens is 5. The van der Waals surface area contributed by atoms with E-state index in [1.54, 1.807) is 12.1 Å². The second kappa shape index (κ2) is 14.1. The van der Waals surface area contributed by atoms with Gasteiger partial charge in [-0.1, -0.05) is 0 Å². The van der Waals surface area contributed by atoms with Gasteiger partial charge in [-0.2, -0.15) is 0 Å². The van der Waals surface area contributed by atoms with E-state index in [-0.39, 0.29) is 64.0 Å². The Morgan fingerprint density at radius 3 is 2.30 bits per heavy atom. The van der Waals surface area contributed by atoms with Crippen molar-refractivity contribution in [2.45, 2.75) is 23.8 Å². The first-order valence-corrected chi connectivity index (χ1v) is 16.1. The first-order valence-electron chi connectivity index (χ1n) is 11.6. The zero-order valence-electron chi connectivity index (χ0n) is 21.1. The third-order valence-electron chi connectivity index (χ3n) is 6.31. The van der Waals surface area contributed by atoms with Gasteiger partial charge in [-0.15, -0.1) is 37.2 Å². The van der Waals surface area contributed by atoms with Crippen LogP contribution in [-0.2, 0) is 9.84 Å². The minimum atomic E-state index is -3.53. The summed E-state index contributed by atoms with van der Waals surface area (Å²) >= 11 is 11.6. The van der Waals surface area contributed by atoms with Crippen molar-refractivity contribution in [2.24, 2.45) is 5.73 Å². The molecule has 1 saturated heterocycles. The van der Waals surface area contributed by atoms with Gasteiger partial charge < -0.3 is 0 Å². The van der Waals surface area contributed by atoms with E-state index >= 15 is 0 Å². The van der Waals surface area contributed by atoms with E-state index < -0.39 is 25.6 Å². The summed E-state index contributed by atoms with van der Waals surface area (Å²) in [6, 6.07) is 13.0. The van der Waals surface area contributed by atoms with Crippen molar-refractivity contribution in [2.75, 3.05) is 24.2 Å². The van der Waals surface area contributed by atoms with Crippen LogP contribution in [0.5, 0.6) is 5.75 Å². The van der Waals surface area contributed by atoms with Crippen molar-refractivity contribution >= 4 is 111 Å². The van der Waals surface area contributed by atoms with Gasteiger partial charge in [0.2, 0.25) is 0 Å². The number of phenolic OH excluding ortho intramolecular Hbond substituents is 1. The average molecular weight is 728 g/mol. The number of aromatic nitrogens is 2. The van der Waals surface area contributed by atoms with E-state index in [0.717, 1.165) is 51.4 Å². The van der Waals surface area contributed by atoms with Gasteiger partial charge in [0.15, 0.2) is 0 Å². The van der Waals surface area contributed by atoms with Crippen LogP contribution in [0.25, 0.3) is 22.0 Å². The molecule has 3 heterocycles. The maximum Gasteiger partial charge on any atom is -0.147 e. The molecule has 1 aliphatic rings. The van der Waals surface area contributed by atoms with Crippen LogP contribution in [0, 0.1) is 0 Å². The summed E-state index contributed by atoms with van der Waals surface area (Å²) < 4.78 is 27.2. The van der Waals surface area contributed by atoms with Gasteiger partial charge in [-0.05, 0) is 0 Å². The van der Waals surface area contributed by atoms with Crippen LogP contribution in [-0.4, -0.2) is 64.6 Å². The Morgan fingerprint density at radius 2 is 1.70 bits per heavy atom. The molecular weight excluding hydrogens is 701 g/mol. The summed E-state index contributed by atoms with van der Waals surface area (Å²) in [6.45, 7) is 1.70. The minimum absolute atomic E-state index is 0. The molecule has 4 aromatic rings. The molecule has 1 aliphatic heterocycles. The fraction of sp³-hybridized carbons (Fsp3) is 0.231. The maximum atomic E-state index is 12.7. The van der Waals surface area contributed by atoms with E-state index in [4.69, 9.17) is 28.9 Å². The van der Waals surface area contributed by atoms with E-state index in [0.29, 0.717) is 11.1 Å². The molecule has 1 fully saturated rings. The maximum absolute atomic E-state index is 12.7. The van der Waals surface area contributed by atoms with Crippen LogP contribution >= 0.6 is 60.4 Å². The molecule has 3 N–H and O–H groups in total. The molecule has 1 atom stereocenters. The van der Waals surface area contributed by atoms with Gasteiger partial charge in [-0.25, -0.2) is 0 Å². The minimum Gasteiger partial charge on any atom is -0.147 e. The van der Waals surface area contributed by atoms with E-state index in [9.17, 15) is 13.5 Å². The number of piperidine rings is 1. The molecular formula is C26H27AsCl5N4O3S. The van der Waals surface area contributed by atoms with Crippen LogP contribution in [0.3, 0.4) is 0 Å². The molecule has 215 valence electrons. The van der Waals surface area contributed by atoms with Crippen LogP contribution in [0.15, 0.2) is 59.8 Å². The number of anilines is 1. The number of nitrogens with two attached hydrogens (primary N) is 1. The molecule has 1 radical (unpaired) electrons. The predicted molar refractivity (Wildman–Crippen MR) is 172 cm³/mol. The van der Waals surface area contributed by atoms with Gasteiger partial charge in [0, 0.05) is 0 Å². The monoisotopic (exact) mass is 725 g/mol. The normalized spacial score (nSPS) is 15.4. The molecule has 0 saturated carbocycles. The molecule has 5 rings (SSSR count). The Bertz CT molecular complexity index is 1590. The van der Waals surface area contributed by atoms with E-state index in [2.05, 4.69) is 14.9 Å². The van der Waals surface area contributed by atoms with Gasteiger partial charge in [0.25, 0.3) is 0 Å². The Morgan fingerprint density at radius 1 is 1.00 bits per heavy atom. The van der Waals surface area contributed by atoms with Crippen LogP contribution in [0.1, 0.15) is 12.8 Å². The summed E-state index contributed by atoms with van der Waals surface area (Å²) in [4.78, 5) is 11.5. The van der Waals surface area contributed by atoms with E-state index in [1.165, 1.54) is 12.5 Å². The summed E-state index contributed by atoms with van der Waals surface area (Å²) in [5, 5.41) is 11.0. The first kappa shape index (κ1) is 34.7. The number of sulfone groups is 1. The fourth-order valence-electron chi connectivity index (χ4n) is 4.44. The molecule has 1 unspecified atom stereocenters. The Kier molecular flexibility index (Phi) is 12.3. The summed E-state index contributed by atoms with van der Waals surface area (Å²) in [5.74, 6) is 0.702. The third-order valence-corrected chi connectivity index (χ3v) is 10.9. The number of rotatable bonds is 5. The zero-order valence-corrected chi connectivity index (χ0v) is 27.8. The molecule has 2 aromatic carbocycles. The molecule has 14 heteroatoms. The van der Waals surface area contributed by atoms with Crippen molar-refractivity contribution in [1.82, 2.24) is 9.97 Å². The quantitative estimate of drug-likeness (QED) is 0.291. The number of hydrogen-bond donors (Lipinski definition) is 2. The number of nitrogens with zero attached hydrogens (tertiary/aromatic N) is 3. The average Bonchev–Trinajstić information content (AvgIpc) is 2.86. The second-order valence-corrected chi connectivity index (χ2v) is 14.4.